The monoisotopic (exact) mass is 183 g/mol. The Morgan fingerprint density at radius 3 is 2.92 bits per heavy atom. The quantitative estimate of drug-likeness (QED) is 0.672. The van der Waals surface area contributed by atoms with E-state index in [1.54, 1.807) is 0 Å². The van der Waals surface area contributed by atoms with Crippen molar-refractivity contribution in [1.29, 1.82) is 0 Å². The molecule has 1 N–H and O–H groups in total. The molecule has 2 atom stereocenters. The molecule has 1 aliphatic carbocycles. The van der Waals surface area contributed by atoms with E-state index in [4.69, 9.17) is 5.11 Å². The number of hydrogen-bond acceptors (Lipinski definition) is 2. The van der Waals surface area contributed by atoms with E-state index in [-0.39, 0.29) is 6.10 Å². The standard InChI is InChI=1S/C11H21NO/c1-10(13)8-9-12(2)11-6-4-3-5-7-11/h4,6,10-11,13H,3,5,7-9H2,1-2H3. The number of rotatable bonds is 4. The summed E-state index contributed by atoms with van der Waals surface area (Å²) in [5.74, 6) is 0. The molecular formula is C11H21NO. The fraction of sp³-hybridized carbons (Fsp3) is 0.818. The molecule has 0 aromatic rings. The van der Waals surface area contributed by atoms with Gasteiger partial charge in [0.05, 0.1) is 6.10 Å². The smallest absolute Gasteiger partial charge is 0.0524 e. The third kappa shape index (κ3) is 3.92. The highest BCUT2D eigenvalue weighted by Gasteiger charge is 2.13. The lowest BCUT2D eigenvalue weighted by Crippen LogP contribution is -2.33. The predicted molar refractivity (Wildman–Crippen MR) is 55.7 cm³/mol. The van der Waals surface area contributed by atoms with Crippen LogP contribution in [0.3, 0.4) is 0 Å². The first-order valence-electron chi connectivity index (χ1n) is 5.25. The van der Waals surface area contributed by atoms with Crippen molar-refractivity contribution in [2.75, 3.05) is 13.6 Å². The van der Waals surface area contributed by atoms with Crippen LogP contribution in [0.1, 0.15) is 32.6 Å². The van der Waals surface area contributed by atoms with Crippen molar-refractivity contribution in [3.05, 3.63) is 12.2 Å². The number of nitrogens with zero attached hydrogens (tertiary/aromatic N) is 1. The molecule has 0 heterocycles. The molecule has 0 aromatic carbocycles. The lowest BCUT2D eigenvalue weighted by Gasteiger charge is -2.27. The Morgan fingerprint density at radius 2 is 2.38 bits per heavy atom. The lowest BCUT2D eigenvalue weighted by molar-refractivity contribution is 0.154. The summed E-state index contributed by atoms with van der Waals surface area (Å²) >= 11 is 0. The zero-order chi connectivity index (χ0) is 9.68. The van der Waals surface area contributed by atoms with E-state index in [1.807, 2.05) is 6.92 Å². The average molecular weight is 183 g/mol. The molecule has 0 bridgehead atoms. The van der Waals surface area contributed by atoms with Crippen LogP contribution in [0.4, 0.5) is 0 Å². The molecule has 0 aromatic heterocycles. The van der Waals surface area contributed by atoms with Gasteiger partial charge in [-0.2, -0.15) is 0 Å². The molecule has 2 nitrogen and oxygen atoms in total. The first kappa shape index (κ1) is 10.7. The molecule has 1 rings (SSSR count). The number of aliphatic hydroxyl groups excluding tert-OH is 1. The second-order valence-corrected chi connectivity index (χ2v) is 4.04. The van der Waals surface area contributed by atoms with Crippen LogP contribution in [0.2, 0.25) is 0 Å². The van der Waals surface area contributed by atoms with E-state index >= 15 is 0 Å². The van der Waals surface area contributed by atoms with Gasteiger partial charge in [0.1, 0.15) is 0 Å². The minimum atomic E-state index is -0.171. The minimum Gasteiger partial charge on any atom is -0.393 e. The van der Waals surface area contributed by atoms with Gasteiger partial charge in [0, 0.05) is 12.6 Å². The van der Waals surface area contributed by atoms with Gasteiger partial charge in [0.2, 0.25) is 0 Å². The van der Waals surface area contributed by atoms with E-state index < -0.39 is 0 Å². The maximum Gasteiger partial charge on any atom is 0.0524 e. The average Bonchev–Trinajstić information content (AvgIpc) is 2.15. The van der Waals surface area contributed by atoms with Crippen molar-refractivity contribution in [3.8, 4) is 0 Å². The fourth-order valence-electron chi connectivity index (χ4n) is 1.72. The Balaban J connectivity index is 2.25. The summed E-state index contributed by atoms with van der Waals surface area (Å²) < 4.78 is 0. The highest BCUT2D eigenvalue weighted by Crippen LogP contribution is 2.15. The van der Waals surface area contributed by atoms with Gasteiger partial charge < -0.3 is 5.11 Å². The van der Waals surface area contributed by atoms with Crippen LogP contribution < -0.4 is 0 Å². The van der Waals surface area contributed by atoms with Gasteiger partial charge in [-0.3, -0.25) is 4.90 Å². The predicted octanol–water partition coefficient (Wildman–Crippen LogP) is 1.80. The second kappa shape index (κ2) is 5.40. The van der Waals surface area contributed by atoms with Crippen molar-refractivity contribution in [3.63, 3.8) is 0 Å². The van der Waals surface area contributed by atoms with E-state index in [9.17, 15) is 0 Å². The third-order valence-corrected chi connectivity index (χ3v) is 2.69. The molecule has 0 aliphatic heterocycles. The Bertz CT molecular complexity index is 165. The molecule has 0 fully saturated rings. The minimum absolute atomic E-state index is 0.171. The summed E-state index contributed by atoms with van der Waals surface area (Å²) in [6.07, 6.45) is 9.09. The molecule has 76 valence electrons. The van der Waals surface area contributed by atoms with Gasteiger partial charge in [-0.25, -0.2) is 0 Å². The van der Waals surface area contributed by atoms with Crippen LogP contribution in [-0.2, 0) is 0 Å². The van der Waals surface area contributed by atoms with E-state index in [0.29, 0.717) is 6.04 Å². The molecule has 0 spiro atoms. The summed E-state index contributed by atoms with van der Waals surface area (Å²) in [4.78, 5) is 2.34. The molecule has 0 amide bonds. The number of likely N-dealkylation sites (N-methyl/N-ethyl adjacent to an activating group) is 1. The highest BCUT2D eigenvalue weighted by molar-refractivity contribution is 4.97. The number of allylic oxidation sites excluding steroid dienone is 1. The molecule has 2 unspecified atom stereocenters. The Kier molecular flexibility index (Phi) is 4.46. The summed E-state index contributed by atoms with van der Waals surface area (Å²) in [5.41, 5.74) is 0. The maximum absolute atomic E-state index is 9.15. The van der Waals surface area contributed by atoms with Crippen molar-refractivity contribution in [2.24, 2.45) is 0 Å². The van der Waals surface area contributed by atoms with Crippen LogP contribution in [0, 0.1) is 0 Å². The SMILES string of the molecule is CC(O)CCN(C)C1C=CCCC1. The Hall–Kier alpha value is -0.340. The van der Waals surface area contributed by atoms with Crippen molar-refractivity contribution in [2.45, 2.75) is 44.8 Å². The number of hydrogen-bond donors (Lipinski definition) is 1. The zero-order valence-corrected chi connectivity index (χ0v) is 8.74. The van der Waals surface area contributed by atoms with Crippen molar-refractivity contribution < 1.29 is 5.11 Å². The zero-order valence-electron chi connectivity index (χ0n) is 8.74. The van der Waals surface area contributed by atoms with E-state index in [0.717, 1.165) is 13.0 Å². The van der Waals surface area contributed by atoms with Gasteiger partial charge in [-0.05, 0) is 39.7 Å². The Morgan fingerprint density at radius 1 is 1.62 bits per heavy atom. The van der Waals surface area contributed by atoms with Crippen LogP contribution in [0.15, 0.2) is 12.2 Å². The topological polar surface area (TPSA) is 23.5 Å². The summed E-state index contributed by atoms with van der Waals surface area (Å²) in [6.45, 7) is 2.84. The number of aliphatic hydroxyl groups is 1. The van der Waals surface area contributed by atoms with Crippen LogP contribution in [0.5, 0.6) is 0 Å². The lowest BCUT2D eigenvalue weighted by atomic mass is 10.0. The van der Waals surface area contributed by atoms with E-state index in [2.05, 4.69) is 24.1 Å². The van der Waals surface area contributed by atoms with Gasteiger partial charge in [-0.15, -0.1) is 0 Å². The van der Waals surface area contributed by atoms with Crippen LogP contribution >= 0.6 is 0 Å². The summed E-state index contributed by atoms with van der Waals surface area (Å²) in [6, 6.07) is 0.604. The van der Waals surface area contributed by atoms with Crippen LogP contribution in [-0.4, -0.2) is 35.7 Å². The van der Waals surface area contributed by atoms with Gasteiger partial charge >= 0.3 is 0 Å². The molecule has 1 aliphatic rings. The largest absolute Gasteiger partial charge is 0.393 e. The molecular weight excluding hydrogens is 162 g/mol. The van der Waals surface area contributed by atoms with Gasteiger partial charge in [0.15, 0.2) is 0 Å². The molecule has 0 radical (unpaired) electrons. The van der Waals surface area contributed by atoms with Gasteiger partial charge in [0.25, 0.3) is 0 Å². The Labute approximate surface area is 81.2 Å². The van der Waals surface area contributed by atoms with Crippen LogP contribution in [0.25, 0.3) is 0 Å². The molecule has 0 saturated heterocycles. The molecule has 0 saturated carbocycles. The summed E-state index contributed by atoms with van der Waals surface area (Å²) in [7, 11) is 2.14. The first-order chi connectivity index (χ1) is 6.20. The normalized spacial score (nSPS) is 25.1. The fourth-order valence-corrected chi connectivity index (χ4v) is 1.72. The van der Waals surface area contributed by atoms with Gasteiger partial charge in [-0.1, -0.05) is 12.2 Å². The summed E-state index contributed by atoms with van der Waals surface area (Å²) in [5, 5.41) is 9.15. The third-order valence-electron chi connectivity index (χ3n) is 2.69. The molecule has 13 heavy (non-hydrogen) atoms. The second-order valence-electron chi connectivity index (χ2n) is 4.04. The highest BCUT2D eigenvalue weighted by atomic mass is 16.3. The molecule has 2 heteroatoms. The van der Waals surface area contributed by atoms with Crippen molar-refractivity contribution >= 4 is 0 Å². The van der Waals surface area contributed by atoms with E-state index in [1.165, 1.54) is 19.3 Å². The maximum atomic E-state index is 9.15. The van der Waals surface area contributed by atoms with Crippen molar-refractivity contribution in [1.82, 2.24) is 4.90 Å². The first-order valence-corrected chi connectivity index (χ1v) is 5.25.